The number of benzene rings is 2. The second-order valence-corrected chi connectivity index (χ2v) is 5.70. The summed E-state index contributed by atoms with van der Waals surface area (Å²) < 4.78 is 5.61. The first-order chi connectivity index (χ1) is 12.2. The summed E-state index contributed by atoms with van der Waals surface area (Å²) in [6.45, 7) is 2.59. The van der Waals surface area contributed by atoms with Crippen LogP contribution in [0.15, 0.2) is 54.6 Å². The molecule has 0 saturated carbocycles. The van der Waals surface area contributed by atoms with Gasteiger partial charge >= 0.3 is 0 Å². The minimum absolute atomic E-state index is 0.0343. The van der Waals surface area contributed by atoms with E-state index in [0.717, 1.165) is 18.0 Å². The average molecular weight is 339 g/mol. The number of fused-ring (bicyclic) bond motifs is 1. The van der Waals surface area contributed by atoms with Gasteiger partial charge < -0.3 is 20.3 Å². The van der Waals surface area contributed by atoms with Crippen molar-refractivity contribution in [2.45, 2.75) is 0 Å². The molecule has 0 saturated heterocycles. The Morgan fingerprint density at radius 3 is 2.60 bits per heavy atom. The molecule has 0 aromatic heterocycles. The van der Waals surface area contributed by atoms with E-state index in [1.807, 2.05) is 30.3 Å². The SMILES string of the molecule is O=C(CNC(=O)c1ccccc1)NCCN1CCOc2ccccc21. The van der Waals surface area contributed by atoms with Crippen molar-refractivity contribution in [3.8, 4) is 5.75 Å². The van der Waals surface area contributed by atoms with Crippen molar-refractivity contribution in [3.05, 3.63) is 60.2 Å². The van der Waals surface area contributed by atoms with Crippen LogP contribution in [0.1, 0.15) is 10.4 Å². The second-order valence-electron chi connectivity index (χ2n) is 5.70. The molecule has 2 amide bonds. The highest BCUT2D eigenvalue weighted by molar-refractivity contribution is 5.96. The van der Waals surface area contributed by atoms with E-state index < -0.39 is 0 Å². The van der Waals surface area contributed by atoms with Crippen molar-refractivity contribution in [1.82, 2.24) is 10.6 Å². The van der Waals surface area contributed by atoms with E-state index in [4.69, 9.17) is 4.74 Å². The Balaban J connectivity index is 1.41. The van der Waals surface area contributed by atoms with Gasteiger partial charge in [0.05, 0.1) is 18.8 Å². The highest BCUT2D eigenvalue weighted by Crippen LogP contribution is 2.30. The summed E-state index contributed by atoms with van der Waals surface area (Å²) in [7, 11) is 0. The summed E-state index contributed by atoms with van der Waals surface area (Å²) in [6, 6.07) is 16.7. The molecule has 1 aliphatic rings. The Bertz CT molecular complexity index is 734. The molecule has 0 bridgehead atoms. The Hall–Kier alpha value is -3.02. The predicted molar refractivity (Wildman–Crippen MR) is 95.9 cm³/mol. The maximum Gasteiger partial charge on any atom is 0.251 e. The molecular formula is C19H21N3O3. The largest absolute Gasteiger partial charge is 0.490 e. The van der Waals surface area contributed by atoms with Crippen LogP contribution in [0, 0.1) is 0 Å². The summed E-state index contributed by atoms with van der Waals surface area (Å²) in [5, 5.41) is 5.45. The second kappa shape index (κ2) is 8.19. The molecule has 6 heteroatoms. The minimum atomic E-state index is -0.252. The molecule has 2 aromatic carbocycles. The van der Waals surface area contributed by atoms with E-state index >= 15 is 0 Å². The number of nitrogens with zero attached hydrogens (tertiary/aromatic N) is 1. The third-order valence-electron chi connectivity index (χ3n) is 3.97. The van der Waals surface area contributed by atoms with Crippen LogP contribution < -0.4 is 20.3 Å². The molecule has 0 radical (unpaired) electrons. The van der Waals surface area contributed by atoms with Crippen molar-refractivity contribution >= 4 is 17.5 Å². The van der Waals surface area contributed by atoms with Gasteiger partial charge in [0, 0.05) is 18.7 Å². The lowest BCUT2D eigenvalue weighted by molar-refractivity contribution is -0.120. The third-order valence-corrected chi connectivity index (χ3v) is 3.97. The highest BCUT2D eigenvalue weighted by atomic mass is 16.5. The number of carbonyl (C=O) groups excluding carboxylic acids is 2. The van der Waals surface area contributed by atoms with Gasteiger partial charge in [-0.1, -0.05) is 30.3 Å². The highest BCUT2D eigenvalue weighted by Gasteiger charge is 2.17. The summed E-state index contributed by atoms with van der Waals surface area (Å²) >= 11 is 0. The van der Waals surface area contributed by atoms with Crippen LogP contribution in [-0.4, -0.2) is 44.6 Å². The molecule has 0 fully saturated rings. The third kappa shape index (κ3) is 4.50. The fraction of sp³-hybridized carbons (Fsp3) is 0.263. The molecular weight excluding hydrogens is 318 g/mol. The van der Waals surface area contributed by atoms with Gasteiger partial charge in [0.15, 0.2) is 0 Å². The van der Waals surface area contributed by atoms with Gasteiger partial charge in [-0.05, 0) is 24.3 Å². The number of amides is 2. The van der Waals surface area contributed by atoms with Crippen LogP contribution in [-0.2, 0) is 4.79 Å². The maximum atomic E-state index is 11.9. The smallest absolute Gasteiger partial charge is 0.251 e. The topological polar surface area (TPSA) is 70.7 Å². The number of hydrogen-bond acceptors (Lipinski definition) is 4. The Labute approximate surface area is 146 Å². The van der Waals surface area contributed by atoms with Gasteiger partial charge in [0.25, 0.3) is 5.91 Å². The number of hydrogen-bond donors (Lipinski definition) is 2. The summed E-state index contributed by atoms with van der Waals surface area (Å²) in [5.41, 5.74) is 1.58. The molecule has 1 aliphatic heterocycles. The van der Waals surface area contributed by atoms with Crippen LogP contribution in [0.4, 0.5) is 5.69 Å². The fourth-order valence-corrected chi connectivity index (χ4v) is 2.70. The van der Waals surface area contributed by atoms with Crippen LogP contribution in [0.2, 0.25) is 0 Å². The Morgan fingerprint density at radius 2 is 1.76 bits per heavy atom. The lowest BCUT2D eigenvalue weighted by atomic mass is 10.2. The van der Waals surface area contributed by atoms with E-state index in [-0.39, 0.29) is 18.4 Å². The van der Waals surface area contributed by atoms with Crippen molar-refractivity contribution in [2.75, 3.05) is 37.7 Å². The molecule has 3 rings (SSSR count). The first-order valence-electron chi connectivity index (χ1n) is 8.31. The van der Waals surface area contributed by atoms with Crippen LogP contribution in [0.5, 0.6) is 5.75 Å². The van der Waals surface area contributed by atoms with Crippen LogP contribution in [0.25, 0.3) is 0 Å². The Kier molecular flexibility index (Phi) is 5.51. The molecule has 1 heterocycles. The zero-order valence-electron chi connectivity index (χ0n) is 13.9. The monoisotopic (exact) mass is 339 g/mol. The minimum Gasteiger partial charge on any atom is -0.490 e. The summed E-state index contributed by atoms with van der Waals surface area (Å²) in [5.74, 6) is 0.416. The first kappa shape index (κ1) is 16.8. The zero-order valence-corrected chi connectivity index (χ0v) is 13.9. The predicted octanol–water partition coefficient (Wildman–Crippen LogP) is 1.43. The molecule has 6 nitrogen and oxygen atoms in total. The molecule has 0 spiro atoms. The number of nitrogens with one attached hydrogen (secondary N) is 2. The number of para-hydroxylation sites is 2. The van der Waals surface area contributed by atoms with Gasteiger partial charge in [-0.15, -0.1) is 0 Å². The maximum absolute atomic E-state index is 11.9. The average Bonchev–Trinajstić information content (AvgIpc) is 2.67. The van der Waals surface area contributed by atoms with E-state index in [9.17, 15) is 9.59 Å². The van der Waals surface area contributed by atoms with Gasteiger partial charge in [-0.25, -0.2) is 0 Å². The van der Waals surface area contributed by atoms with Crippen molar-refractivity contribution < 1.29 is 14.3 Å². The molecule has 0 aliphatic carbocycles. The lowest BCUT2D eigenvalue weighted by Crippen LogP contribution is -2.42. The number of anilines is 1. The molecule has 2 aromatic rings. The molecule has 0 atom stereocenters. The van der Waals surface area contributed by atoms with E-state index in [1.54, 1.807) is 24.3 Å². The van der Waals surface area contributed by atoms with Crippen LogP contribution >= 0.6 is 0 Å². The summed E-state index contributed by atoms with van der Waals surface area (Å²) in [6.07, 6.45) is 0. The van der Waals surface area contributed by atoms with Gasteiger partial charge in [0.2, 0.25) is 5.91 Å². The summed E-state index contributed by atoms with van der Waals surface area (Å²) in [4.78, 5) is 26.0. The Morgan fingerprint density at radius 1 is 1.00 bits per heavy atom. The zero-order chi connectivity index (χ0) is 17.5. The normalized spacial score (nSPS) is 12.7. The van der Waals surface area contributed by atoms with Crippen molar-refractivity contribution in [3.63, 3.8) is 0 Å². The van der Waals surface area contributed by atoms with Crippen LogP contribution in [0.3, 0.4) is 0 Å². The van der Waals surface area contributed by atoms with Gasteiger partial charge in [0.1, 0.15) is 12.4 Å². The van der Waals surface area contributed by atoms with E-state index in [2.05, 4.69) is 15.5 Å². The fourth-order valence-electron chi connectivity index (χ4n) is 2.70. The lowest BCUT2D eigenvalue weighted by Gasteiger charge is -2.31. The van der Waals surface area contributed by atoms with Gasteiger partial charge in [-0.3, -0.25) is 9.59 Å². The molecule has 25 heavy (non-hydrogen) atoms. The number of carbonyl (C=O) groups is 2. The van der Waals surface area contributed by atoms with Crippen molar-refractivity contribution in [2.24, 2.45) is 0 Å². The molecule has 130 valence electrons. The van der Waals surface area contributed by atoms with E-state index in [1.165, 1.54) is 0 Å². The van der Waals surface area contributed by atoms with Gasteiger partial charge in [-0.2, -0.15) is 0 Å². The molecule has 0 unspecified atom stereocenters. The van der Waals surface area contributed by atoms with Crippen molar-refractivity contribution in [1.29, 1.82) is 0 Å². The number of rotatable bonds is 6. The first-order valence-corrected chi connectivity index (χ1v) is 8.31. The number of ether oxygens (including phenoxy) is 1. The molecule has 2 N–H and O–H groups in total. The standard InChI is InChI=1S/C19H21N3O3/c23-18(14-21-19(24)15-6-2-1-3-7-15)20-10-11-22-12-13-25-17-9-5-4-8-16(17)22/h1-9H,10-14H2,(H,20,23)(H,21,24). The quantitative estimate of drug-likeness (QED) is 0.835. The van der Waals surface area contributed by atoms with E-state index in [0.29, 0.717) is 25.3 Å².